The molecule has 0 atom stereocenters. The number of ether oxygens (including phenoxy) is 1. The molecule has 4 rings (SSSR count). The van der Waals surface area contributed by atoms with Gasteiger partial charge in [0.1, 0.15) is 23.1 Å². The summed E-state index contributed by atoms with van der Waals surface area (Å²) in [5.41, 5.74) is 3.65. The van der Waals surface area contributed by atoms with Crippen molar-refractivity contribution in [1.29, 1.82) is 5.26 Å². The Balaban J connectivity index is 1.92. The summed E-state index contributed by atoms with van der Waals surface area (Å²) in [6, 6.07) is 19.2. The van der Waals surface area contributed by atoms with Crippen LogP contribution in [0.2, 0.25) is 0 Å². The highest BCUT2D eigenvalue weighted by Gasteiger charge is 2.35. The predicted octanol–water partition coefficient (Wildman–Crippen LogP) is 4.80. The molecule has 176 valence electrons. The van der Waals surface area contributed by atoms with Gasteiger partial charge in [0, 0.05) is 29.4 Å². The summed E-state index contributed by atoms with van der Waals surface area (Å²) in [4.78, 5) is 27.4. The highest BCUT2D eigenvalue weighted by Crippen LogP contribution is 2.32. The lowest BCUT2D eigenvalue weighted by molar-refractivity contribution is -0.141. The number of imide groups is 1. The smallest absolute Gasteiger partial charge is 0.271 e. The summed E-state index contributed by atoms with van der Waals surface area (Å²) in [5.74, 6) is -0.213. The van der Waals surface area contributed by atoms with Crippen LogP contribution in [-0.2, 0) is 9.59 Å². The van der Waals surface area contributed by atoms with Gasteiger partial charge in [0.15, 0.2) is 0 Å². The topological polar surface area (TPSA) is 88.2 Å². The summed E-state index contributed by atoms with van der Waals surface area (Å²) in [6.07, 6.45) is 3.56. The third-order valence-electron chi connectivity index (χ3n) is 5.78. The van der Waals surface area contributed by atoms with E-state index in [1.54, 1.807) is 24.8 Å². The second-order valence-corrected chi connectivity index (χ2v) is 8.73. The van der Waals surface area contributed by atoms with E-state index in [-0.39, 0.29) is 18.0 Å². The second-order valence-electron chi connectivity index (χ2n) is 8.73. The number of aromatic nitrogens is 2. The van der Waals surface area contributed by atoms with Gasteiger partial charge in [-0.05, 0) is 48.8 Å². The lowest BCUT2D eigenvalue weighted by Gasteiger charge is -2.28. The molecular formula is C28H26N4O3. The maximum atomic E-state index is 13.4. The third-order valence-corrected chi connectivity index (χ3v) is 5.78. The van der Waals surface area contributed by atoms with Gasteiger partial charge in [0.05, 0.1) is 12.8 Å². The number of rotatable bonds is 6. The van der Waals surface area contributed by atoms with Gasteiger partial charge in [-0.2, -0.15) is 10.4 Å². The molecule has 2 heterocycles. The number of nitriles is 1. The van der Waals surface area contributed by atoms with E-state index < -0.39 is 11.8 Å². The second kappa shape index (κ2) is 9.82. The molecule has 35 heavy (non-hydrogen) atoms. The Morgan fingerprint density at radius 3 is 2.49 bits per heavy atom. The van der Waals surface area contributed by atoms with Crippen LogP contribution in [0.3, 0.4) is 0 Å². The average Bonchev–Trinajstić information content (AvgIpc) is 3.29. The molecule has 2 amide bonds. The van der Waals surface area contributed by atoms with Crippen LogP contribution in [-0.4, -0.2) is 40.1 Å². The van der Waals surface area contributed by atoms with E-state index >= 15 is 0 Å². The van der Waals surface area contributed by atoms with Crippen LogP contribution in [0.5, 0.6) is 5.75 Å². The number of hydrogen-bond acceptors (Lipinski definition) is 5. The average molecular weight is 467 g/mol. The largest absolute Gasteiger partial charge is 0.497 e. The molecule has 2 aromatic carbocycles. The number of hydrogen-bond donors (Lipinski definition) is 0. The van der Waals surface area contributed by atoms with Gasteiger partial charge in [0.2, 0.25) is 0 Å². The van der Waals surface area contributed by atoms with Crippen molar-refractivity contribution in [3.8, 4) is 28.8 Å². The summed E-state index contributed by atoms with van der Waals surface area (Å²) < 4.78 is 7.14. The first-order valence-electron chi connectivity index (χ1n) is 11.3. The van der Waals surface area contributed by atoms with E-state index in [4.69, 9.17) is 9.84 Å². The van der Waals surface area contributed by atoms with Crippen molar-refractivity contribution < 1.29 is 14.3 Å². The highest BCUT2D eigenvalue weighted by molar-refractivity contribution is 6.19. The number of benzene rings is 2. The zero-order valence-corrected chi connectivity index (χ0v) is 20.1. The molecule has 0 unspecified atom stereocenters. The van der Waals surface area contributed by atoms with Gasteiger partial charge in [-0.25, -0.2) is 4.68 Å². The first-order chi connectivity index (χ1) is 16.8. The molecule has 7 nitrogen and oxygen atoms in total. The molecule has 0 fully saturated rings. The van der Waals surface area contributed by atoms with E-state index in [0.717, 1.165) is 16.2 Å². The van der Waals surface area contributed by atoms with Gasteiger partial charge in [-0.1, -0.05) is 44.2 Å². The minimum absolute atomic E-state index is 0.0186. The van der Waals surface area contributed by atoms with Gasteiger partial charge < -0.3 is 4.74 Å². The van der Waals surface area contributed by atoms with Gasteiger partial charge in [0.25, 0.3) is 11.8 Å². The fourth-order valence-corrected chi connectivity index (χ4v) is 4.02. The van der Waals surface area contributed by atoms with Crippen molar-refractivity contribution in [3.05, 3.63) is 83.1 Å². The van der Waals surface area contributed by atoms with Crippen LogP contribution in [0.25, 0.3) is 23.0 Å². The number of methoxy groups -OCH3 is 1. The van der Waals surface area contributed by atoms with E-state index in [9.17, 15) is 14.9 Å². The Bertz CT molecular complexity index is 1390. The van der Waals surface area contributed by atoms with Crippen LogP contribution >= 0.6 is 0 Å². The fraction of sp³-hybridized carbons (Fsp3) is 0.214. The van der Waals surface area contributed by atoms with Crippen LogP contribution in [0.15, 0.2) is 77.5 Å². The molecule has 0 saturated heterocycles. The Morgan fingerprint density at radius 2 is 1.83 bits per heavy atom. The Labute approximate surface area is 204 Å². The molecular weight excluding hydrogens is 440 g/mol. The number of nitrogens with zero attached hydrogens (tertiary/aromatic N) is 4. The van der Waals surface area contributed by atoms with Crippen molar-refractivity contribution in [2.45, 2.75) is 20.8 Å². The lowest BCUT2D eigenvalue weighted by atomic mass is 9.92. The van der Waals surface area contributed by atoms with Crippen molar-refractivity contribution in [2.24, 2.45) is 5.92 Å². The lowest BCUT2D eigenvalue weighted by Crippen LogP contribution is -2.44. The van der Waals surface area contributed by atoms with Crippen LogP contribution in [0.1, 0.15) is 26.3 Å². The van der Waals surface area contributed by atoms with Crippen LogP contribution < -0.4 is 4.74 Å². The van der Waals surface area contributed by atoms with Gasteiger partial charge >= 0.3 is 0 Å². The monoisotopic (exact) mass is 466 g/mol. The Hall–Kier alpha value is -4.44. The molecule has 0 aliphatic carbocycles. The molecule has 7 heteroatoms. The molecule has 0 saturated carbocycles. The normalized spacial score (nSPS) is 15.2. The zero-order valence-electron chi connectivity index (χ0n) is 20.1. The fourth-order valence-electron chi connectivity index (χ4n) is 4.02. The summed E-state index contributed by atoms with van der Waals surface area (Å²) >= 11 is 0. The zero-order chi connectivity index (χ0) is 25.1. The van der Waals surface area contributed by atoms with Gasteiger partial charge in [-0.3, -0.25) is 14.5 Å². The third kappa shape index (κ3) is 4.64. The standard InChI is InChI=1S/C28H26N4O3/c1-18(2)16-31-27(33)24(19(3)25(15-29)28(31)34)14-21-17-32(22-10-6-5-7-11-22)30-26(21)20-9-8-12-23(13-20)35-4/h5-14,17-18H,16H2,1-4H3/b24-14+. The van der Waals surface area contributed by atoms with Crippen molar-refractivity contribution in [1.82, 2.24) is 14.7 Å². The number of amides is 2. The number of para-hydroxylation sites is 1. The minimum atomic E-state index is -0.547. The first-order valence-corrected chi connectivity index (χ1v) is 11.3. The first kappa shape index (κ1) is 23.7. The van der Waals surface area contributed by atoms with Crippen molar-refractivity contribution >= 4 is 17.9 Å². The predicted molar refractivity (Wildman–Crippen MR) is 133 cm³/mol. The molecule has 1 aromatic heterocycles. The summed E-state index contributed by atoms with van der Waals surface area (Å²) in [6.45, 7) is 5.72. The molecule has 1 aliphatic heterocycles. The van der Waals surface area contributed by atoms with Gasteiger partial charge in [-0.15, -0.1) is 0 Å². The molecule has 0 N–H and O–H groups in total. The Morgan fingerprint density at radius 1 is 1.09 bits per heavy atom. The molecule has 0 bridgehead atoms. The van der Waals surface area contributed by atoms with E-state index in [1.807, 2.05) is 80.7 Å². The van der Waals surface area contributed by atoms with E-state index in [2.05, 4.69) is 0 Å². The minimum Gasteiger partial charge on any atom is -0.497 e. The van der Waals surface area contributed by atoms with E-state index in [1.165, 1.54) is 0 Å². The molecule has 0 spiro atoms. The SMILES string of the molecule is COc1cccc(-c2nn(-c3ccccc3)cc2/C=C2/C(=O)N(CC(C)C)C(=O)C(C#N)=C2C)c1. The highest BCUT2D eigenvalue weighted by atomic mass is 16.5. The summed E-state index contributed by atoms with van der Waals surface area (Å²) in [5, 5.41) is 14.5. The number of carbonyl (C=O) groups excluding carboxylic acids is 2. The maximum absolute atomic E-state index is 13.4. The quantitative estimate of drug-likeness (QED) is 0.385. The van der Waals surface area contributed by atoms with Crippen molar-refractivity contribution in [3.63, 3.8) is 0 Å². The van der Waals surface area contributed by atoms with Crippen molar-refractivity contribution in [2.75, 3.05) is 13.7 Å². The van der Waals surface area contributed by atoms with Crippen LogP contribution in [0.4, 0.5) is 0 Å². The molecule has 0 radical (unpaired) electrons. The summed E-state index contributed by atoms with van der Waals surface area (Å²) in [7, 11) is 1.60. The van der Waals surface area contributed by atoms with Crippen LogP contribution in [0, 0.1) is 17.2 Å². The number of carbonyl (C=O) groups is 2. The van der Waals surface area contributed by atoms with E-state index in [0.29, 0.717) is 28.2 Å². The Kier molecular flexibility index (Phi) is 6.65. The maximum Gasteiger partial charge on any atom is 0.271 e. The molecule has 1 aliphatic rings. The molecule has 3 aromatic rings.